The molecule has 7 unspecified atom stereocenters. The summed E-state index contributed by atoms with van der Waals surface area (Å²) < 4.78 is 10.7. The van der Waals surface area contributed by atoms with Gasteiger partial charge in [0, 0.05) is 27.6 Å². The summed E-state index contributed by atoms with van der Waals surface area (Å²) in [6, 6.07) is 0. The Morgan fingerprint density at radius 2 is 2.00 bits per heavy atom. The molecule has 7 atom stereocenters. The van der Waals surface area contributed by atoms with Crippen LogP contribution in [0.4, 0.5) is 0 Å². The number of hydrogen-bond donors (Lipinski definition) is 0. The summed E-state index contributed by atoms with van der Waals surface area (Å²) in [5, 5.41) is 0. The summed E-state index contributed by atoms with van der Waals surface area (Å²) in [4.78, 5) is 11.4. The predicted molar refractivity (Wildman–Crippen MR) is 132 cm³/mol. The van der Waals surface area contributed by atoms with Crippen molar-refractivity contribution in [3.8, 4) is 0 Å². The van der Waals surface area contributed by atoms with Crippen LogP contribution in [0.3, 0.4) is 0 Å². The Morgan fingerprint density at radius 3 is 2.77 bits per heavy atom. The zero-order valence-corrected chi connectivity index (χ0v) is 21.9. The molecular formula is C25H39IO3S. The third-order valence-corrected chi connectivity index (χ3v) is 10.8. The van der Waals surface area contributed by atoms with E-state index in [1.165, 1.54) is 74.1 Å². The Hall–Kier alpha value is 0.250. The maximum Gasteiger partial charge on any atom is 0.305 e. The molecule has 3 saturated carbocycles. The Balaban J connectivity index is 1.41. The van der Waals surface area contributed by atoms with Gasteiger partial charge in [0.1, 0.15) is 0 Å². The van der Waals surface area contributed by atoms with Crippen LogP contribution < -0.4 is 0 Å². The second-order valence-electron chi connectivity index (χ2n) is 10.9. The maximum atomic E-state index is 11.4. The molecule has 0 aromatic carbocycles. The van der Waals surface area contributed by atoms with E-state index < -0.39 is 0 Å². The van der Waals surface area contributed by atoms with E-state index in [4.69, 9.17) is 8.92 Å². The van der Waals surface area contributed by atoms with Crippen LogP contribution in [0.2, 0.25) is 0 Å². The summed E-state index contributed by atoms with van der Waals surface area (Å²) in [5.41, 5.74) is 2.65. The number of methoxy groups -OCH3 is 1. The molecule has 3 fully saturated rings. The van der Waals surface area contributed by atoms with Crippen LogP contribution in [0.15, 0.2) is 11.6 Å². The SMILES string of the molecule is COC(=O)CCCCC1CCC2C3CC=C4CC(OSI)CCC4(C)C3CCC12C. The highest BCUT2D eigenvalue weighted by molar-refractivity contribution is 14.2. The van der Waals surface area contributed by atoms with Crippen LogP contribution in [0.25, 0.3) is 0 Å². The lowest BCUT2D eigenvalue weighted by atomic mass is 9.47. The van der Waals surface area contributed by atoms with Gasteiger partial charge in [0.05, 0.1) is 22.4 Å². The molecule has 0 aromatic heterocycles. The quantitative estimate of drug-likeness (QED) is 0.108. The first-order valence-corrected chi connectivity index (χ1v) is 15.4. The molecule has 170 valence electrons. The van der Waals surface area contributed by atoms with Crippen LogP contribution in [0.5, 0.6) is 0 Å². The van der Waals surface area contributed by atoms with Gasteiger partial charge in [0.2, 0.25) is 0 Å². The van der Waals surface area contributed by atoms with Gasteiger partial charge in [-0.3, -0.25) is 4.79 Å². The number of unbranched alkanes of at least 4 members (excludes halogenated alkanes) is 1. The number of esters is 1. The number of rotatable bonds is 7. The summed E-state index contributed by atoms with van der Waals surface area (Å²) in [6.07, 6.45) is 17.7. The summed E-state index contributed by atoms with van der Waals surface area (Å²) in [7, 11) is 3.01. The number of carbonyl (C=O) groups is 1. The third kappa shape index (κ3) is 4.25. The number of allylic oxidation sites excluding steroid dienone is 1. The van der Waals surface area contributed by atoms with Crippen molar-refractivity contribution in [1.82, 2.24) is 0 Å². The van der Waals surface area contributed by atoms with E-state index in [0.717, 1.165) is 36.5 Å². The minimum absolute atomic E-state index is 0.0544. The van der Waals surface area contributed by atoms with E-state index in [0.29, 0.717) is 23.4 Å². The van der Waals surface area contributed by atoms with Gasteiger partial charge in [-0.2, -0.15) is 0 Å². The molecule has 0 saturated heterocycles. The first-order chi connectivity index (χ1) is 14.4. The fourth-order valence-electron chi connectivity index (χ4n) is 8.11. The highest BCUT2D eigenvalue weighted by Crippen LogP contribution is 2.66. The first-order valence-electron chi connectivity index (χ1n) is 12.1. The molecule has 0 heterocycles. The topological polar surface area (TPSA) is 35.5 Å². The van der Waals surface area contributed by atoms with Crippen molar-refractivity contribution in [2.75, 3.05) is 7.11 Å². The van der Waals surface area contributed by atoms with Crippen molar-refractivity contribution >= 4 is 36.4 Å². The van der Waals surface area contributed by atoms with Crippen LogP contribution in [-0.4, -0.2) is 19.2 Å². The fraction of sp³-hybridized carbons (Fsp3) is 0.880. The number of carbonyl (C=O) groups excluding carboxylic acids is 1. The lowest BCUT2D eigenvalue weighted by molar-refractivity contribution is -0.140. The molecule has 0 bridgehead atoms. The molecule has 0 radical (unpaired) electrons. The normalized spacial score (nSPS) is 42.7. The largest absolute Gasteiger partial charge is 0.469 e. The van der Waals surface area contributed by atoms with Gasteiger partial charge < -0.3 is 8.92 Å². The number of halogens is 1. The van der Waals surface area contributed by atoms with E-state index in [2.05, 4.69) is 41.1 Å². The molecule has 30 heavy (non-hydrogen) atoms. The highest BCUT2D eigenvalue weighted by Gasteiger charge is 2.58. The average Bonchev–Trinajstić information content (AvgIpc) is 3.07. The summed E-state index contributed by atoms with van der Waals surface area (Å²) in [5.74, 6) is 3.46. The van der Waals surface area contributed by atoms with Crippen molar-refractivity contribution in [3.63, 3.8) is 0 Å². The van der Waals surface area contributed by atoms with Gasteiger partial charge in [-0.15, -0.1) is 0 Å². The average molecular weight is 547 g/mol. The minimum Gasteiger partial charge on any atom is -0.469 e. The van der Waals surface area contributed by atoms with Crippen molar-refractivity contribution in [3.05, 3.63) is 11.6 Å². The predicted octanol–water partition coefficient (Wildman–Crippen LogP) is 7.68. The van der Waals surface area contributed by atoms with Crippen LogP contribution in [-0.2, 0) is 13.7 Å². The van der Waals surface area contributed by atoms with Crippen LogP contribution >= 0.6 is 30.4 Å². The molecule has 0 spiro atoms. The summed E-state index contributed by atoms with van der Waals surface area (Å²) >= 11 is 2.26. The van der Waals surface area contributed by atoms with Gasteiger partial charge >= 0.3 is 5.97 Å². The van der Waals surface area contributed by atoms with E-state index >= 15 is 0 Å². The molecule has 4 aliphatic carbocycles. The number of ether oxygens (including phenoxy) is 1. The van der Waals surface area contributed by atoms with Crippen molar-refractivity contribution < 1.29 is 13.7 Å². The maximum absolute atomic E-state index is 11.4. The van der Waals surface area contributed by atoms with Gasteiger partial charge in [0.25, 0.3) is 0 Å². The van der Waals surface area contributed by atoms with Crippen molar-refractivity contribution in [1.29, 1.82) is 0 Å². The molecule has 0 amide bonds. The fourth-order valence-corrected chi connectivity index (χ4v) is 9.25. The molecule has 4 rings (SSSR count). The van der Waals surface area contributed by atoms with Crippen molar-refractivity contribution in [2.45, 2.75) is 97.0 Å². The van der Waals surface area contributed by atoms with Gasteiger partial charge in [-0.1, -0.05) is 31.9 Å². The third-order valence-electron chi connectivity index (χ3n) is 9.84. The van der Waals surface area contributed by atoms with Crippen LogP contribution in [0.1, 0.15) is 90.9 Å². The lowest BCUT2D eigenvalue weighted by Gasteiger charge is -2.58. The molecule has 0 aliphatic heterocycles. The number of hydrogen-bond acceptors (Lipinski definition) is 4. The lowest BCUT2D eigenvalue weighted by Crippen LogP contribution is -2.50. The van der Waals surface area contributed by atoms with E-state index in [-0.39, 0.29) is 5.97 Å². The van der Waals surface area contributed by atoms with Gasteiger partial charge in [0.15, 0.2) is 0 Å². The van der Waals surface area contributed by atoms with Crippen molar-refractivity contribution in [2.24, 2.45) is 34.5 Å². The second kappa shape index (κ2) is 9.62. The Morgan fingerprint density at radius 1 is 1.17 bits per heavy atom. The Kier molecular flexibility index (Phi) is 7.51. The van der Waals surface area contributed by atoms with Crippen LogP contribution in [0, 0.1) is 34.5 Å². The standard InChI is InChI=1S/C25H39IO3S/c1-24-15-13-22-20(10-8-18-16-19(29-30-26)12-14-25(18,22)2)21(24)11-9-17(24)6-4-5-7-23(27)28-3/h8,17,19-22H,4-7,9-16H2,1-3H3. The zero-order chi connectivity index (χ0) is 21.4. The highest BCUT2D eigenvalue weighted by atomic mass is 127. The second-order valence-corrected chi connectivity index (χ2v) is 12.3. The molecule has 3 nitrogen and oxygen atoms in total. The zero-order valence-electron chi connectivity index (χ0n) is 19.0. The van der Waals surface area contributed by atoms with Gasteiger partial charge in [-0.05, 0) is 98.7 Å². The van der Waals surface area contributed by atoms with Gasteiger partial charge in [-0.25, -0.2) is 0 Å². The molecular weight excluding hydrogens is 507 g/mol. The smallest absolute Gasteiger partial charge is 0.305 e. The van der Waals surface area contributed by atoms with E-state index in [1.54, 1.807) is 5.57 Å². The molecule has 5 heteroatoms. The number of fused-ring (bicyclic) bond motifs is 5. The van der Waals surface area contributed by atoms with E-state index in [1.807, 2.05) is 0 Å². The minimum atomic E-state index is -0.0544. The Labute approximate surface area is 199 Å². The Bertz CT molecular complexity index is 667. The molecule has 4 aliphatic rings. The molecule has 0 N–H and O–H groups in total. The molecule has 0 aromatic rings. The van der Waals surface area contributed by atoms with E-state index in [9.17, 15) is 4.79 Å². The first kappa shape index (κ1) is 23.4. The summed E-state index contributed by atoms with van der Waals surface area (Å²) in [6.45, 7) is 5.21. The monoisotopic (exact) mass is 546 g/mol.